The van der Waals surface area contributed by atoms with Gasteiger partial charge in [0.15, 0.2) is 0 Å². The normalized spacial score (nSPS) is 12.0. The van der Waals surface area contributed by atoms with Gasteiger partial charge in [0, 0.05) is 5.75 Å². The van der Waals surface area contributed by atoms with Crippen molar-refractivity contribution in [2.75, 3.05) is 19.0 Å². The maximum atomic E-state index is 10.3. The zero-order chi connectivity index (χ0) is 19.9. The minimum absolute atomic E-state index is 0.187. The lowest BCUT2D eigenvalue weighted by Crippen LogP contribution is -2.20. The van der Waals surface area contributed by atoms with E-state index < -0.39 is 6.10 Å². The van der Waals surface area contributed by atoms with Crippen LogP contribution in [0.25, 0.3) is 5.69 Å². The van der Waals surface area contributed by atoms with Crippen LogP contribution in [-0.2, 0) is 0 Å². The molecular weight excluding hydrogens is 376 g/mol. The topological polar surface area (TPSA) is 82.3 Å². The highest BCUT2D eigenvalue weighted by atomic mass is 32.2. The van der Waals surface area contributed by atoms with Gasteiger partial charge < -0.3 is 14.6 Å². The molecule has 0 aliphatic rings. The van der Waals surface area contributed by atoms with E-state index in [2.05, 4.69) is 21.6 Å². The smallest absolute Gasteiger partial charge is 0.214 e. The Labute approximate surface area is 168 Å². The lowest BCUT2D eigenvalue weighted by Gasteiger charge is -2.13. The van der Waals surface area contributed by atoms with Crippen molar-refractivity contribution in [3.8, 4) is 17.2 Å². The first kappa shape index (κ1) is 20.2. The summed E-state index contributed by atoms with van der Waals surface area (Å²) in [5.41, 5.74) is 3.16. The third-order valence-electron chi connectivity index (χ3n) is 4.02. The lowest BCUT2D eigenvalue weighted by atomic mass is 10.1. The number of aryl methyl sites for hydroxylation is 2. The highest BCUT2D eigenvalue weighted by Crippen LogP contribution is 2.23. The average molecular weight is 401 g/mol. The van der Waals surface area contributed by atoms with E-state index in [-0.39, 0.29) is 6.61 Å². The summed E-state index contributed by atoms with van der Waals surface area (Å²) in [5, 5.41) is 22.8. The van der Waals surface area contributed by atoms with Gasteiger partial charge >= 0.3 is 0 Å². The molecule has 1 atom stereocenters. The van der Waals surface area contributed by atoms with Crippen LogP contribution in [0.5, 0.6) is 11.5 Å². The van der Waals surface area contributed by atoms with Gasteiger partial charge in [0.2, 0.25) is 5.16 Å². The van der Waals surface area contributed by atoms with Crippen LogP contribution < -0.4 is 9.47 Å². The van der Waals surface area contributed by atoms with Gasteiger partial charge in [0.1, 0.15) is 18.1 Å². The molecule has 0 saturated carbocycles. The van der Waals surface area contributed by atoms with Gasteiger partial charge in [0.05, 0.1) is 18.4 Å². The maximum absolute atomic E-state index is 10.3. The Morgan fingerprint density at radius 2 is 1.79 bits per heavy atom. The predicted octanol–water partition coefficient (Wildman–Crippen LogP) is 3.21. The molecule has 0 bridgehead atoms. The van der Waals surface area contributed by atoms with Crippen molar-refractivity contribution >= 4 is 11.8 Å². The van der Waals surface area contributed by atoms with E-state index >= 15 is 0 Å². The largest absolute Gasteiger partial charge is 0.494 e. The molecule has 7 nitrogen and oxygen atoms in total. The molecule has 0 saturated heterocycles. The van der Waals surface area contributed by atoms with Crippen molar-refractivity contribution in [3.05, 3.63) is 53.6 Å². The minimum Gasteiger partial charge on any atom is -0.494 e. The number of aliphatic hydroxyl groups excluding tert-OH is 1. The summed E-state index contributed by atoms with van der Waals surface area (Å²) in [6, 6.07) is 13.5. The van der Waals surface area contributed by atoms with Crippen LogP contribution in [0.4, 0.5) is 0 Å². The number of tetrazole rings is 1. The summed E-state index contributed by atoms with van der Waals surface area (Å²) in [6.45, 7) is 6.80. The first-order valence-electron chi connectivity index (χ1n) is 9.09. The van der Waals surface area contributed by atoms with Gasteiger partial charge in [-0.2, -0.15) is 4.68 Å². The van der Waals surface area contributed by atoms with Crippen molar-refractivity contribution in [2.24, 2.45) is 0 Å². The number of thioether (sulfide) groups is 1. The zero-order valence-electron chi connectivity index (χ0n) is 16.2. The molecule has 148 valence electrons. The molecule has 1 heterocycles. The number of benzene rings is 2. The van der Waals surface area contributed by atoms with Crippen LogP contribution in [-0.4, -0.2) is 50.4 Å². The van der Waals surface area contributed by atoms with Crippen LogP contribution in [0.2, 0.25) is 0 Å². The van der Waals surface area contributed by atoms with E-state index in [0.29, 0.717) is 23.3 Å². The molecular formula is C20H24N4O3S. The Morgan fingerprint density at radius 1 is 1.07 bits per heavy atom. The fourth-order valence-corrected chi connectivity index (χ4v) is 3.37. The van der Waals surface area contributed by atoms with E-state index in [9.17, 15) is 5.11 Å². The highest BCUT2D eigenvalue weighted by molar-refractivity contribution is 7.99. The van der Waals surface area contributed by atoms with Crippen LogP contribution in [0, 0.1) is 13.8 Å². The monoisotopic (exact) mass is 400 g/mol. The molecule has 3 rings (SSSR count). The second-order valence-corrected chi connectivity index (χ2v) is 7.33. The Balaban J connectivity index is 1.55. The van der Waals surface area contributed by atoms with Gasteiger partial charge in [-0.15, -0.1) is 5.10 Å². The lowest BCUT2D eigenvalue weighted by molar-refractivity contribution is 0.126. The number of hydrogen-bond acceptors (Lipinski definition) is 7. The van der Waals surface area contributed by atoms with Gasteiger partial charge in [-0.05, 0) is 72.7 Å². The Kier molecular flexibility index (Phi) is 6.89. The molecule has 0 amide bonds. The summed E-state index contributed by atoms with van der Waals surface area (Å²) >= 11 is 1.39. The molecule has 0 aliphatic heterocycles. The van der Waals surface area contributed by atoms with E-state index in [1.165, 1.54) is 11.8 Å². The van der Waals surface area contributed by atoms with Gasteiger partial charge in [0.25, 0.3) is 0 Å². The van der Waals surface area contributed by atoms with Crippen molar-refractivity contribution in [3.63, 3.8) is 0 Å². The van der Waals surface area contributed by atoms with Crippen LogP contribution in [0.3, 0.4) is 0 Å². The summed E-state index contributed by atoms with van der Waals surface area (Å²) in [6.07, 6.45) is -0.652. The maximum Gasteiger partial charge on any atom is 0.214 e. The Bertz CT molecular complexity index is 899. The standard InChI is InChI=1S/C20H24N4O3S/c1-4-26-17-7-9-18(10-8-17)27-12-16(25)13-28-20-21-22-23-24(20)19-11-14(2)5-6-15(19)3/h5-11,16,25H,4,12-13H2,1-3H3/t16-/m0/s1. The molecule has 0 radical (unpaired) electrons. The number of hydrogen-bond donors (Lipinski definition) is 1. The number of rotatable bonds is 9. The van der Waals surface area contributed by atoms with Crippen LogP contribution in [0.15, 0.2) is 47.6 Å². The first-order valence-corrected chi connectivity index (χ1v) is 10.1. The molecule has 0 aliphatic carbocycles. The molecule has 0 spiro atoms. The molecule has 8 heteroatoms. The van der Waals surface area contributed by atoms with Crippen molar-refractivity contribution in [2.45, 2.75) is 32.0 Å². The van der Waals surface area contributed by atoms with Crippen LogP contribution >= 0.6 is 11.8 Å². The molecule has 0 unspecified atom stereocenters. The van der Waals surface area contributed by atoms with E-state index in [1.54, 1.807) is 4.68 Å². The van der Waals surface area contributed by atoms with Gasteiger partial charge in [-0.25, -0.2) is 0 Å². The SMILES string of the molecule is CCOc1ccc(OC[C@H](O)CSc2nnnn2-c2cc(C)ccc2C)cc1. The number of aliphatic hydroxyl groups is 1. The molecule has 0 fully saturated rings. The van der Waals surface area contributed by atoms with Crippen molar-refractivity contribution in [1.82, 2.24) is 20.2 Å². The number of aromatic nitrogens is 4. The predicted molar refractivity (Wildman–Crippen MR) is 108 cm³/mol. The third kappa shape index (κ3) is 5.24. The zero-order valence-corrected chi connectivity index (χ0v) is 17.0. The van der Waals surface area contributed by atoms with Crippen molar-refractivity contribution < 1.29 is 14.6 Å². The van der Waals surface area contributed by atoms with Gasteiger partial charge in [-0.3, -0.25) is 0 Å². The number of ether oxygens (including phenoxy) is 2. The second kappa shape index (κ2) is 9.57. The summed E-state index contributed by atoms with van der Waals surface area (Å²) < 4.78 is 12.7. The fourth-order valence-electron chi connectivity index (χ4n) is 2.58. The average Bonchev–Trinajstić information content (AvgIpc) is 3.16. The number of nitrogens with zero attached hydrogens (tertiary/aromatic N) is 4. The highest BCUT2D eigenvalue weighted by Gasteiger charge is 2.14. The summed E-state index contributed by atoms with van der Waals surface area (Å²) in [5.74, 6) is 1.90. The van der Waals surface area contributed by atoms with E-state index in [4.69, 9.17) is 9.47 Å². The first-order chi connectivity index (χ1) is 13.6. The molecule has 2 aromatic carbocycles. The summed E-state index contributed by atoms with van der Waals surface area (Å²) in [7, 11) is 0. The Morgan fingerprint density at radius 3 is 2.50 bits per heavy atom. The van der Waals surface area contributed by atoms with Crippen molar-refractivity contribution in [1.29, 1.82) is 0 Å². The molecule has 28 heavy (non-hydrogen) atoms. The third-order valence-corrected chi connectivity index (χ3v) is 5.08. The fraction of sp³-hybridized carbons (Fsp3) is 0.350. The molecule has 1 N–H and O–H groups in total. The van der Waals surface area contributed by atoms with Crippen LogP contribution in [0.1, 0.15) is 18.1 Å². The quantitative estimate of drug-likeness (QED) is 0.552. The van der Waals surface area contributed by atoms with Gasteiger partial charge in [-0.1, -0.05) is 23.9 Å². The summed E-state index contributed by atoms with van der Waals surface area (Å²) in [4.78, 5) is 0. The minimum atomic E-state index is -0.652. The Hall–Kier alpha value is -2.58. The second-order valence-electron chi connectivity index (χ2n) is 6.34. The molecule has 1 aromatic heterocycles. The van der Waals surface area contributed by atoms with E-state index in [1.807, 2.05) is 57.2 Å². The van der Waals surface area contributed by atoms with E-state index in [0.717, 1.165) is 22.6 Å². The molecule has 3 aromatic rings.